The molecule has 0 atom stereocenters. The third-order valence-electron chi connectivity index (χ3n) is 2.87. The van der Waals surface area contributed by atoms with Crippen LogP contribution in [0, 0.1) is 5.41 Å². The van der Waals surface area contributed by atoms with E-state index in [9.17, 15) is 4.79 Å². The first kappa shape index (κ1) is 15.5. The Hall–Kier alpha value is -1.55. The van der Waals surface area contributed by atoms with Crippen molar-refractivity contribution in [3.8, 4) is 5.75 Å². The molecular weight excluding hydrogens is 240 g/mol. The first-order valence-electron chi connectivity index (χ1n) is 6.70. The normalized spacial score (nSPS) is 11.2. The van der Waals surface area contributed by atoms with Gasteiger partial charge in [-0.2, -0.15) is 0 Å². The lowest BCUT2D eigenvalue weighted by Crippen LogP contribution is -2.43. The van der Waals surface area contributed by atoms with Gasteiger partial charge in [-0.3, -0.25) is 0 Å². The molecule has 0 unspecified atom stereocenters. The van der Waals surface area contributed by atoms with Gasteiger partial charge in [-0.15, -0.1) is 0 Å². The minimum absolute atomic E-state index is 0.106. The van der Waals surface area contributed by atoms with E-state index in [0.29, 0.717) is 25.4 Å². The molecule has 1 rings (SSSR count). The summed E-state index contributed by atoms with van der Waals surface area (Å²) < 4.78 is 5.37. The van der Waals surface area contributed by atoms with Gasteiger partial charge < -0.3 is 15.4 Å². The zero-order valence-electron chi connectivity index (χ0n) is 12.1. The molecule has 0 aromatic heterocycles. The zero-order valence-corrected chi connectivity index (χ0v) is 12.1. The average molecular weight is 264 g/mol. The lowest BCUT2D eigenvalue weighted by atomic mass is 9.93. The fraction of sp³-hybridized carbons (Fsp3) is 0.533. The maximum Gasteiger partial charge on any atom is 0.415 e. The monoisotopic (exact) mass is 264 g/mol. The van der Waals surface area contributed by atoms with E-state index in [2.05, 4.69) is 0 Å². The summed E-state index contributed by atoms with van der Waals surface area (Å²) in [6.45, 7) is 7.94. The predicted octanol–water partition coefficient (Wildman–Crippen LogP) is 2.88. The molecule has 0 heterocycles. The van der Waals surface area contributed by atoms with Crippen LogP contribution in [0.2, 0.25) is 0 Å². The first-order valence-corrected chi connectivity index (χ1v) is 6.70. The Kier molecular flexibility index (Phi) is 5.83. The van der Waals surface area contributed by atoms with Crippen molar-refractivity contribution in [3.63, 3.8) is 0 Å². The number of hydrogen-bond acceptors (Lipinski definition) is 3. The molecule has 1 aromatic rings. The number of benzene rings is 1. The predicted molar refractivity (Wildman–Crippen MR) is 77.2 cm³/mol. The van der Waals surface area contributed by atoms with Crippen molar-refractivity contribution in [1.82, 2.24) is 4.90 Å². The highest BCUT2D eigenvalue weighted by molar-refractivity contribution is 5.70. The van der Waals surface area contributed by atoms with E-state index in [0.717, 1.165) is 6.42 Å². The summed E-state index contributed by atoms with van der Waals surface area (Å²) in [5, 5.41) is 0. The zero-order chi connectivity index (χ0) is 14.3. The number of ether oxygens (including phenoxy) is 1. The molecule has 0 radical (unpaired) electrons. The van der Waals surface area contributed by atoms with Gasteiger partial charge in [0.05, 0.1) is 0 Å². The van der Waals surface area contributed by atoms with Crippen LogP contribution in [0.4, 0.5) is 4.79 Å². The SMILES string of the molecule is CCCN(CC(C)(C)CN)C(=O)Oc1ccccc1. The number of nitrogens with zero attached hydrogens (tertiary/aromatic N) is 1. The molecule has 0 spiro atoms. The molecular formula is C15H24N2O2. The standard InChI is InChI=1S/C15H24N2O2/c1-4-10-17(12-15(2,3)11-16)14(18)19-13-8-6-5-7-9-13/h5-9H,4,10-12,16H2,1-3H3. The second kappa shape index (κ2) is 7.14. The van der Waals surface area contributed by atoms with Crippen molar-refractivity contribution >= 4 is 6.09 Å². The fourth-order valence-electron chi connectivity index (χ4n) is 1.74. The van der Waals surface area contributed by atoms with Crippen LogP contribution in [-0.2, 0) is 0 Å². The van der Waals surface area contributed by atoms with Crippen LogP contribution in [0.25, 0.3) is 0 Å². The van der Waals surface area contributed by atoms with Gasteiger partial charge in [0.1, 0.15) is 5.75 Å². The summed E-state index contributed by atoms with van der Waals surface area (Å²) >= 11 is 0. The molecule has 1 aromatic carbocycles. The van der Waals surface area contributed by atoms with Crippen LogP contribution < -0.4 is 10.5 Å². The van der Waals surface area contributed by atoms with Crippen molar-refractivity contribution in [1.29, 1.82) is 0 Å². The average Bonchev–Trinajstić information content (AvgIpc) is 2.39. The maximum absolute atomic E-state index is 12.2. The number of carbonyl (C=O) groups is 1. The minimum Gasteiger partial charge on any atom is -0.410 e. The molecule has 0 aliphatic heterocycles. The van der Waals surface area contributed by atoms with Crippen LogP contribution in [0.1, 0.15) is 27.2 Å². The summed E-state index contributed by atoms with van der Waals surface area (Å²) in [5.41, 5.74) is 5.62. The highest BCUT2D eigenvalue weighted by atomic mass is 16.6. The summed E-state index contributed by atoms with van der Waals surface area (Å²) in [5.74, 6) is 0.569. The molecule has 4 nitrogen and oxygen atoms in total. The van der Waals surface area contributed by atoms with Gasteiger partial charge in [-0.1, -0.05) is 39.0 Å². The fourth-order valence-corrected chi connectivity index (χ4v) is 1.74. The van der Waals surface area contributed by atoms with Gasteiger partial charge in [-0.05, 0) is 30.5 Å². The van der Waals surface area contributed by atoms with E-state index in [1.165, 1.54) is 0 Å². The van der Waals surface area contributed by atoms with Crippen molar-refractivity contribution in [2.75, 3.05) is 19.6 Å². The Morgan fingerprint density at radius 3 is 2.47 bits per heavy atom. The summed E-state index contributed by atoms with van der Waals surface area (Å²) in [6.07, 6.45) is 0.583. The molecule has 2 N–H and O–H groups in total. The molecule has 0 aliphatic rings. The van der Waals surface area contributed by atoms with E-state index < -0.39 is 0 Å². The van der Waals surface area contributed by atoms with E-state index in [4.69, 9.17) is 10.5 Å². The number of para-hydroxylation sites is 1. The number of nitrogens with two attached hydrogens (primary N) is 1. The number of hydrogen-bond donors (Lipinski definition) is 1. The molecule has 1 amide bonds. The minimum atomic E-state index is -0.311. The van der Waals surface area contributed by atoms with E-state index in [1.807, 2.05) is 39.0 Å². The molecule has 0 fully saturated rings. The van der Waals surface area contributed by atoms with Gasteiger partial charge in [0.2, 0.25) is 0 Å². The largest absolute Gasteiger partial charge is 0.415 e. The quantitative estimate of drug-likeness (QED) is 0.859. The highest BCUT2D eigenvalue weighted by Crippen LogP contribution is 2.17. The van der Waals surface area contributed by atoms with Crippen molar-refractivity contribution in [3.05, 3.63) is 30.3 Å². The summed E-state index contributed by atoms with van der Waals surface area (Å²) in [6, 6.07) is 9.12. The molecule has 0 saturated heterocycles. The number of rotatable bonds is 6. The topological polar surface area (TPSA) is 55.6 Å². The number of amides is 1. The Morgan fingerprint density at radius 2 is 1.95 bits per heavy atom. The second-order valence-corrected chi connectivity index (χ2v) is 5.47. The van der Waals surface area contributed by atoms with Crippen molar-refractivity contribution < 1.29 is 9.53 Å². The van der Waals surface area contributed by atoms with Crippen LogP contribution >= 0.6 is 0 Å². The van der Waals surface area contributed by atoms with E-state index in [-0.39, 0.29) is 11.5 Å². The van der Waals surface area contributed by atoms with E-state index in [1.54, 1.807) is 17.0 Å². The maximum atomic E-state index is 12.2. The van der Waals surface area contributed by atoms with Gasteiger partial charge in [-0.25, -0.2) is 4.79 Å². The smallest absolute Gasteiger partial charge is 0.410 e. The molecule has 0 saturated carbocycles. The van der Waals surface area contributed by atoms with Gasteiger partial charge in [0.25, 0.3) is 0 Å². The second-order valence-electron chi connectivity index (χ2n) is 5.47. The summed E-state index contributed by atoms with van der Waals surface area (Å²) in [4.78, 5) is 13.9. The number of carbonyl (C=O) groups excluding carboxylic acids is 1. The molecule has 4 heteroatoms. The van der Waals surface area contributed by atoms with E-state index >= 15 is 0 Å². The lowest BCUT2D eigenvalue weighted by Gasteiger charge is -2.30. The lowest BCUT2D eigenvalue weighted by molar-refractivity contribution is 0.130. The first-order chi connectivity index (χ1) is 8.98. The molecule has 0 aliphatic carbocycles. The van der Waals surface area contributed by atoms with Crippen LogP contribution in [0.3, 0.4) is 0 Å². The Labute approximate surface area is 115 Å². The molecule has 106 valence electrons. The Morgan fingerprint density at radius 1 is 1.32 bits per heavy atom. The summed E-state index contributed by atoms with van der Waals surface area (Å²) in [7, 11) is 0. The Balaban J connectivity index is 2.68. The Bertz CT molecular complexity index is 390. The molecule has 19 heavy (non-hydrogen) atoms. The van der Waals surface area contributed by atoms with Gasteiger partial charge in [0, 0.05) is 13.1 Å². The van der Waals surface area contributed by atoms with Crippen LogP contribution in [0.5, 0.6) is 5.75 Å². The third kappa shape index (κ3) is 5.30. The molecule has 0 bridgehead atoms. The van der Waals surface area contributed by atoms with Crippen molar-refractivity contribution in [2.24, 2.45) is 11.1 Å². The van der Waals surface area contributed by atoms with Crippen molar-refractivity contribution in [2.45, 2.75) is 27.2 Å². The van der Waals surface area contributed by atoms with Crippen LogP contribution in [0.15, 0.2) is 30.3 Å². The third-order valence-corrected chi connectivity index (χ3v) is 2.87. The van der Waals surface area contributed by atoms with Crippen LogP contribution in [-0.4, -0.2) is 30.6 Å². The van der Waals surface area contributed by atoms with Gasteiger partial charge >= 0.3 is 6.09 Å². The van der Waals surface area contributed by atoms with Gasteiger partial charge in [0.15, 0.2) is 0 Å². The highest BCUT2D eigenvalue weighted by Gasteiger charge is 2.24.